The maximum Gasteiger partial charge on any atom is 0.413 e. The highest BCUT2D eigenvalue weighted by molar-refractivity contribution is 9.10. The first kappa shape index (κ1) is 26.7. The van der Waals surface area contributed by atoms with E-state index in [4.69, 9.17) is 14.3 Å². The summed E-state index contributed by atoms with van der Waals surface area (Å²) in [4.78, 5) is 22.2. The Balaban J connectivity index is 1.56. The zero-order chi connectivity index (χ0) is 27.1. The van der Waals surface area contributed by atoms with Gasteiger partial charge in [-0.25, -0.2) is 14.5 Å². The van der Waals surface area contributed by atoms with Crippen LogP contribution >= 0.6 is 15.9 Å². The third kappa shape index (κ3) is 7.35. The van der Waals surface area contributed by atoms with Crippen molar-refractivity contribution in [3.63, 3.8) is 0 Å². The summed E-state index contributed by atoms with van der Waals surface area (Å²) in [6.07, 6.45) is -0.597. The minimum Gasteiger partial charge on any atom is -0.457 e. The third-order valence-electron chi connectivity index (χ3n) is 4.82. The smallest absolute Gasteiger partial charge is 0.413 e. The number of amides is 1. The first-order valence-electron chi connectivity index (χ1n) is 11.6. The molecule has 0 bridgehead atoms. The monoisotopic (exact) mass is 579 g/mol. The lowest BCUT2D eigenvalue weighted by Gasteiger charge is -2.19. The Morgan fingerprint density at radius 2 is 1.82 bits per heavy atom. The Hall–Kier alpha value is -4.32. The van der Waals surface area contributed by atoms with E-state index in [0.29, 0.717) is 40.1 Å². The Morgan fingerprint density at radius 1 is 1.05 bits per heavy atom. The second kappa shape index (κ2) is 11.8. The molecule has 0 fully saturated rings. The fourth-order valence-electron chi connectivity index (χ4n) is 3.22. The lowest BCUT2D eigenvalue weighted by Crippen LogP contribution is -2.27. The molecule has 0 aliphatic rings. The predicted molar refractivity (Wildman–Crippen MR) is 144 cm³/mol. The molecule has 0 saturated heterocycles. The molecular formula is C26H26BrN7O4. The van der Waals surface area contributed by atoms with Gasteiger partial charge in [0.2, 0.25) is 5.82 Å². The summed E-state index contributed by atoms with van der Waals surface area (Å²) in [7, 11) is 1.70. The van der Waals surface area contributed by atoms with E-state index in [0.717, 1.165) is 4.47 Å². The number of carbonyl (C=O) groups excluding carboxylic acids is 1. The van der Waals surface area contributed by atoms with E-state index in [1.807, 2.05) is 48.5 Å². The van der Waals surface area contributed by atoms with Crippen LogP contribution in [0.3, 0.4) is 0 Å². The van der Waals surface area contributed by atoms with E-state index in [1.165, 1.54) is 4.68 Å². The molecule has 0 atom stereocenters. The Labute approximate surface area is 227 Å². The molecule has 0 unspecified atom stereocenters. The molecule has 0 saturated carbocycles. The summed E-state index contributed by atoms with van der Waals surface area (Å²) in [5.74, 6) is 1.90. The number of nitrogens with zero attached hydrogens (tertiary/aromatic N) is 6. The Bertz CT molecular complexity index is 1430. The molecule has 38 heavy (non-hydrogen) atoms. The third-order valence-corrected chi connectivity index (χ3v) is 5.35. The molecule has 4 rings (SSSR count). The molecule has 1 N–H and O–H groups in total. The van der Waals surface area contributed by atoms with Crippen molar-refractivity contribution in [1.29, 1.82) is 0 Å². The van der Waals surface area contributed by atoms with Gasteiger partial charge in [0.15, 0.2) is 12.3 Å². The van der Waals surface area contributed by atoms with Crippen molar-refractivity contribution >= 4 is 33.6 Å². The number of aromatic nitrogens is 5. The van der Waals surface area contributed by atoms with Gasteiger partial charge in [-0.3, -0.25) is 5.32 Å². The fourth-order valence-corrected chi connectivity index (χ4v) is 3.49. The summed E-state index contributed by atoms with van der Waals surface area (Å²) in [6.45, 7) is 5.38. The van der Waals surface area contributed by atoms with Crippen molar-refractivity contribution in [2.45, 2.75) is 33.0 Å². The molecule has 0 aliphatic heterocycles. The van der Waals surface area contributed by atoms with E-state index in [9.17, 15) is 4.79 Å². The maximum absolute atomic E-state index is 12.1. The van der Waals surface area contributed by atoms with Crippen LogP contribution in [0.5, 0.6) is 11.5 Å². The van der Waals surface area contributed by atoms with Crippen molar-refractivity contribution in [3.8, 4) is 11.5 Å². The van der Waals surface area contributed by atoms with Gasteiger partial charge in [-0.2, -0.15) is 0 Å². The van der Waals surface area contributed by atoms with Gasteiger partial charge >= 0.3 is 6.09 Å². The number of oxime groups is 1. The molecule has 0 aliphatic carbocycles. The van der Waals surface area contributed by atoms with Crippen LogP contribution in [0, 0.1) is 0 Å². The fraction of sp³-hybridized carbons (Fsp3) is 0.231. The molecule has 11 nitrogen and oxygen atoms in total. The number of nitrogens with one attached hydrogen (secondary N) is 1. The lowest BCUT2D eigenvalue weighted by atomic mass is 10.1. The average Bonchev–Trinajstić information content (AvgIpc) is 3.28. The number of halogens is 1. The number of aryl methyl sites for hydroxylation is 1. The van der Waals surface area contributed by atoms with Crippen molar-refractivity contribution in [2.75, 3.05) is 5.32 Å². The molecule has 2 aromatic heterocycles. The summed E-state index contributed by atoms with van der Waals surface area (Å²) in [5.41, 5.74) is 0.911. The highest BCUT2D eigenvalue weighted by Crippen LogP contribution is 2.28. The van der Waals surface area contributed by atoms with Crippen LogP contribution in [0.15, 0.2) is 76.4 Å². The van der Waals surface area contributed by atoms with Crippen LogP contribution in [0.1, 0.15) is 37.9 Å². The zero-order valence-electron chi connectivity index (χ0n) is 21.3. The second-order valence-electron chi connectivity index (χ2n) is 9.03. The quantitative estimate of drug-likeness (QED) is 0.215. The number of carbonyl (C=O) groups is 1. The number of hydrogen-bond donors (Lipinski definition) is 1. The molecule has 4 aromatic rings. The van der Waals surface area contributed by atoms with Crippen molar-refractivity contribution in [2.24, 2.45) is 12.2 Å². The molecule has 1 amide bonds. The average molecular weight is 580 g/mol. The number of anilines is 1. The van der Waals surface area contributed by atoms with Crippen LogP contribution in [-0.2, 0) is 23.2 Å². The standard InChI is InChI=1S/C26H26BrN7O4/c1-26(2,3)38-25(35)29-22-11-7-8-18(28-22)16-36-31-23(24-30-32-33-34(24)4)20-9-5-6-10-21(20)37-19-14-12-17(27)13-15-19/h5-15H,16H2,1-4H3,(H,28,29,35)/b31-23-. The number of benzene rings is 2. The van der Waals surface area contributed by atoms with E-state index < -0.39 is 11.7 Å². The highest BCUT2D eigenvalue weighted by atomic mass is 79.9. The summed E-state index contributed by atoms with van der Waals surface area (Å²) in [6, 6.07) is 20.0. The Kier molecular flexibility index (Phi) is 8.31. The minimum absolute atomic E-state index is 0.0222. The van der Waals surface area contributed by atoms with Gasteiger partial charge in [-0.15, -0.1) is 5.10 Å². The van der Waals surface area contributed by atoms with Gasteiger partial charge in [0.25, 0.3) is 0 Å². The highest BCUT2D eigenvalue weighted by Gasteiger charge is 2.20. The van der Waals surface area contributed by atoms with Gasteiger partial charge in [-0.1, -0.05) is 39.3 Å². The van der Waals surface area contributed by atoms with Crippen LogP contribution in [-0.4, -0.2) is 42.6 Å². The summed E-state index contributed by atoms with van der Waals surface area (Å²) >= 11 is 3.43. The maximum atomic E-state index is 12.1. The van der Waals surface area contributed by atoms with E-state index in [1.54, 1.807) is 46.0 Å². The van der Waals surface area contributed by atoms with Gasteiger partial charge < -0.3 is 14.3 Å². The molecule has 2 heterocycles. The van der Waals surface area contributed by atoms with E-state index in [-0.39, 0.29) is 6.61 Å². The molecule has 0 spiro atoms. The molecule has 2 aromatic carbocycles. The van der Waals surface area contributed by atoms with Crippen molar-refractivity contribution < 1.29 is 19.1 Å². The van der Waals surface area contributed by atoms with Gasteiger partial charge in [0.1, 0.15) is 22.9 Å². The number of tetrazole rings is 1. The Morgan fingerprint density at radius 3 is 2.53 bits per heavy atom. The van der Waals surface area contributed by atoms with Crippen LogP contribution in [0.25, 0.3) is 0 Å². The number of para-hydroxylation sites is 1. The zero-order valence-corrected chi connectivity index (χ0v) is 22.8. The van der Waals surface area contributed by atoms with Crippen LogP contribution < -0.4 is 10.1 Å². The largest absolute Gasteiger partial charge is 0.457 e. The first-order valence-corrected chi connectivity index (χ1v) is 12.4. The normalized spacial score (nSPS) is 11.7. The van der Waals surface area contributed by atoms with E-state index >= 15 is 0 Å². The van der Waals surface area contributed by atoms with Crippen LogP contribution in [0.2, 0.25) is 0 Å². The van der Waals surface area contributed by atoms with Crippen molar-refractivity contribution in [3.05, 3.63) is 88.3 Å². The SMILES string of the molecule is Cn1nnnc1/C(=N\OCc1cccc(NC(=O)OC(C)(C)C)n1)c1ccccc1Oc1ccc(Br)cc1. The minimum atomic E-state index is -0.623. The second-order valence-corrected chi connectivity index (χ2v) is 9.95. The summed E-state index contributed by atoms with van der Waals surface area (Å²) in [5, 5.41) is 18.7. The van der Waals surface area contributed by atoms with Gasteiger partial charge in [-0.05, 0) is 79.7 Å². The number of rotatable bonds is 8. The number of pyridine rings is 1. The molecular weight excluding hydrogens is 554 g/mol. The summed E-state index contributed by atoms with van der Waals surface area (Å²) < 4.78 is 13.8. The molecule has 196 valence electrons. The number of hydrogen-bond acceptors (Lipinski definition) is 9. The van der Waals surface area contributed by atoms with Crippen LogP contribution in [0.4, 0.5) is 10.6 Å². The van der Waals surface area contributed by atoms with Gasteiger partial charge in [0, 0.05) is 11.5 Å². The number of ether oxygens (including phenoxy) is 2. The molecule has 0 radical (unpaired) electrons. The lowest BCUT2D eigenvalue weighted by molar-refractivity contribution is 0.0635. The van der Waals surface area contributed by atoms with Gasteiger partial charge in [0.05, 0.1) is 11.3 Å². The predicted octanol–water partition coefficient (Wildman–Crippen LogP) is 5.48. The molecule has 12 heteroatoms. The topological polar surface area (TPSA) is 126 Å². The van der Waals surface area contributed by atoms with Crippen molar-refractivity contribution in [1.82, 2.24) is 25.2 Å². The first-order chi connectivity index (χ1) is 18.2. The van der Waals surface area contributed by atoms with E-state index in [2.05, 4.69) is 46.9 Å².